The lowest BCUT2D eigenvalue weighted by molar-refractivity contribution is 0.313. The van der Waals surface area contributed by atoms with Crippen molar-refractivity contribution in [1.29, 1.82) is 0 Å². The van der Waals surface area contributed by atoms with Crippen molar-refractivity contribution < 1.29 is 22.3 Å². The van der Waals surface area contributed by atoms with E-state index in [4.69, 9.17) is 4.74 Å². The molecule has 1 atom stereocenters. The summed E-state index contributed by atoms with van der Waals surface area (Å²) in [5, 5.41) is 0. The van der Waals surface area contributed by atoms with Crippen molar-refractivity contribution in [2.45, 2.75) is 32.9 Å². The van der Waals surface area contributed by atoms with Gasteiger partial charge in [-0.1, -0.05) is 19.4 Å². The molecule has 1 aliphatic carbocycles. The van der Waals surface area contributed by atoms with Crippen LogP contribution in [0.3, 0.4) is 0 Å². The summed E-state index contributed by atoms with van der Waals surface area (Å²) < 4.78 is 62.6. The minimum atomic E-state index is -2.04. The van der Waals surface area contributed by atoms with Crippen LogP contribution in [0.1, 0.15) is 43.1 Å². The minimum Gasteiger partial charge on any atom is -0.491 e. The summed E-state index contributed by atoms with van der Waals surface area (Å²) in [7, 11) is 0. The maximum atomic E-state index is 14.6. The highest BCUT2D eigenvalue weighted by Crippen LogP contribution is 2.50. The third-order valence-electron chi connectivity index (χ3n) is 4.08. The highest BCUT2D eigenvalue weighted by molar-refractivity contribution is 5.80. The Balaban J connectivity index is 2.23. The van der Waals surface area contributed by atoms with Crippen LogP contribution in [0.25, 0.3) is 11.1 Å². The Morgan fingerprint density at radius 2 is 1.65 bits per heavy atom. The Morgan fingerprint density at radius 1 is 0.957 bits per heavy atom. The van der Waals surface area contributed by atoms with Gasteiger partial charge in [-0.05, 0) is 42.2 Å². The van der Waals surface area contributed by atoms with Gasteiger partial charge >= 0.3 is 0 Å². The van der Waals surface area contributed by atoms with Crippen molar-refractivity contribution in [1.82, 2.24) is 0 Å². The average molecular weight is 324 g/mol. The summed E-state index contributed by atoms with van der Waals surface area (Å²) in [4.78, 5) is 0. The van der Waals surface area contributed by atoms with Crippen LogP contribution < -0.4 is 4.74 Å². The number of benzene rings is 2. The second kappa shape index (κ2) is 5.87. The Kier molecular flexibility index (Phi) is 4.04. The third kappa shape index (κ3) is 2.30. The number of halogens is 4. The molecule has 0 spiro atoms. The van der Waals surface area contributed by atoms with Gasteiger partial charge < -0.3 is 4.74 Å². The Hall–Kier alpha value is -2.04. The predicted molar refractivity (Wildman–Crippen MR) is 79.9 cm³/mol. The monoisotopic (exact) mass is 324 g/mol. The Morgan fingerprint density at radius 3 is 2.30 bits per heavy atom. The van der Waals surface area contributed by atoms with Crippen LogP contribution >= 0.6 is 0 Å². The summed E-state index contributed by atoms with van der Waals surface area (Å²) in [6.45, 7) is 3.74. The summed E-state index contributed by atoms with van der Waals surface area (Å²) >= 11 is 0. The molecule has 0 saturated carbocycles. The van der Waals surface area contributed by atoms with Crippen LogP contribution in [0.4, 0.5) is 17.6 Å². The first-order chi connectivity index (χ1) is 11.0. The van der Waals surface area contributed by atoms with Gasteiger partial charge in [-0.2, -0.15) is 0 Å². The molecular formula is C18H16F4O. The van der Waals surface area contributed by atoms with Gasteiger partial charge in [0.1, 0.15) is 0 Å². The SMILES string of the molecule is CCCc1cc2c(c(F)c1F)C(F)c1c-2ccc(OCC)c1F. The normalized spacial score (nSPS) is 15.5. The first-order valence-corrected chi connectivity index (χ1v) is 7.61. The van der Waals surface area contributed by atoms with Gasteiger partial charge in [0.2, 0.25) is 0 Å². The van der Waals surface area contributed by atoms with Gasteiger partial charge in [-0.3, -0.25) is 0 Å². The first kappa shape index (κ1) is 15.8. The van der Waals surface area contributed by atoms with E-state index in [0.29, 0.717) is 12.8 Å². The van der Waals surface area contributed by atoms with E-state index >= 15 is 0 Å². The van der Waals surface area contributed by atoms with Gasteiger partial charge in [0.15, 0.2) is 29.4 Å². The number of fused-ring (bicyclic) bond motifs is 3. The van der Waals surface area contributed by atoms with Crippen molar-refractivity contribution >= 4 is 0 Å². The zero-order valence-electron chi connectivity index (χ0n) is 12.9. The quantitative estimate of drug-likeness (QED) is 0.675. The lowest BCUT2D eigenvalue weighted by Gasteiger charge is -2.10. The van der Waals surface area contributed by atoms with Gasteiger partial charge in [0.05, 0.1) is 6.61 Å². The lowest BCUT2D eigenvalue weighted by atomic mass is 9.99. The number of ether oxygens (including phenoxy) is 1. The summed E-state index contributed by atoms with van der Waals surface area (Å²) in [6.07, 6.45) is -1.08. The summed E-state index contributed by atoms with van der Waals surface area (Å²) in [5.41, 5.74) is -0.0533. The minimum absolute atomic E-state index is 0.0867. The fourth-order valence-corrected chi connectivity index (χ4v) is 3.08. The molecule has 23 heavy (non-hydrogen) atoms. The Labute approximate surface area is 131 Å². The van der Waals surface area contributed by atoms with E-state index in [1.807, 2.05) is 6.92 Å². The maximum Gasteiger partial charge on any atom is 0.172 e. The van der Waals surface area contributed by atoms with Gasteiger partial charge in [0.25, 0.3) is 0 Å². The zero-order chi connectivity index (χ0) is 16.7. The van der Waals surface area contributed by atoms with Gasteiger partial charge in [0, 0.05) is 11.1 Å². The lowest BCUT2D eigenvalue weighted by Crippen LogP contribution is -2.02. The molecule has 1 aliphatic rings. The average Bonchev–Trinajstić information content (AvgIpc) is 2.81. The van der Waals surface area contributed by atoms with E-state index in [1.165, 1.54) is 18.2 Å². The molecule has 122 valence electrons. The smallest absolute Gasteiger partial charge is 0.172 e. The molecule has 1 nitrogen and oxygen atoms in total. The summed E-state index contributed by atoms with van der Waals surface area (Å²) in [5.74, 6) is -3.22. The molecule has 0 bridgehead atoms. The number of rotatable bonds is 4. The van der Waals surface area contributed by atoms with Crippen LogP contribution in [0.2, 0.25) is 0 Å². The fraction of sp³-hybridized carbons (Fsp3) is 0.333. The summed E-state index contributed by atoms with van der Waals surface area (Å²) in [6, 6.07) is 4.31. The molecular weight excluding hydrogens is 308 g/mol. The van der Waals surface area contributed by atoms with E-state index in [-0.39, 0.29) is 34.6 Å². The fourth-order valence-electron chi connectivity index (χ4n) is 3.08. The molecule has 0 fully saturated rings. The van der Waals surface area contributed by atoms with Crippen molar-refractivity contribution in [2.75, 3.05) is 6.61 Å². The molecule has 0 saturated heterocycles. The molecule has 0 radical (unpaired) electrons. The van der Waals surface area contributed by atoms with Gasteiger partial charge in [-0.15, -0.1) is 0 Å². The molecule has 0 amide bonds. The number of alkyl halides is 1. The van der Waals surface area contributed by atoms with E-state index in [2.05, 4.69) is 0 Å². The van der Waals surface area contributed by atoms with Crippen LogP contribution in [0.15, 0.2) is 18.2 Å². The molecule has 2 aromatic rings. The van der Waals surface area contributed by atoms with Crippen LogP contribution in [-0.4, -0.2) is 6.61 Å². The van der Waals surface area contributed by atoms with Crippen LogP contribution in [0, 0.1) is 17.5 Å². The number of hydrogen-bond donors (Lipinski definition) is 0. The highest BCUT2D eigenvalue weighted by atomic mass is 19.2. The number of hydrogen-bond acceptors (Lipinski definition) is 1. The van der Waals surface area contributed by atoms with Crippen molar-refractivity contribution in [3.05, 3.63) is 52.3 Å². The first-order valence-electron chi connectivity index (χ1n) is 7.61. The molecule has 0 aromatic heterocycles. The van der Waals surface area contributed by atoms with E-state index in [1.54, 1.807) is 6.92 Å². The van der Waals surface area contributed by atoms with Crippen molar-refractivity contribution in [3.8, 4) is 16.9 Å². The Bertz CT molecular complexity index is 770. The maximum absolute atomic E-state index is 14.6. The molecule has 1 unspecified atom stereocenters. The standard InChI is InChI=1S/C18H16F4O/c1-3-5-9-8-11-10-6-7-12(23-4-2)16(20)13(10)17(21)14(11)18(22)15(9)19/h6-8,17H,3-5H2,1-2H3. The van der Waals surface area contributed by atoms with Crippen molar-refractivity contribution in [3.63, 3.8) is 0 Å². The molecule has 0 N–H and O–H groups in total. The van der Waals surface area contributed by atoms with E-state index in [9.17, 15) is 17.6 Å². The van der Waals surface area contributed by atoms with E-state index in [0.717, 1.165) is 0 Å². The molecule has 0 heterocycles. The highest BCUT2D eigenvalue weighted by Gasteiger charge is 2.37. The van der Waals surface area contributed by atoms with Crippen LogP contribution in [-0.2, 0) is 6.42 Å². The predicted octanol–water partition coefficient (Wildman–Crippen LogP) is 5.49. The molecule has 2 aromatic carbocycles. The zero-order valence-corrected chi connectivity index (χ0v) is 12.9. The molecule has 3 rings (SSSR count). The van der Waals surface area contributed by atoms with Gasteiger partial charge in [-0.25, -0.2) is 17.6 Å². The van der Waals surface area contributed by atoms with E-state index < -0.39 is 29.2 Å². The molecule has 5 heteroatoms. The molecule has 0 aliphatic heterocycles. The topological polar surface area (TPSA) is 9.23 Å². The largest absolute Gasteiger partial charge is 0.491 e. The second-order valence-electron chi connectivity index (χ2n) is 5.51. The number of aryl methyl sites for hydroxylation is 1. The third-order valence-corrected chi connectivity index (χ3v) is 4.08. The second-order valence-corrected chi connectivity index (χ2v) is 5.51. The van der Waals surface area contributed by atoms with Crippen molar-refractivity contribution in [2.24, 2.45) is 0 Å². The van der Waals surface area contributed by atoms with Crippen LogP contribution in [0.5, 0.6) is 5.75 Å².